The highest BCUT2D eigenvalue weighted by Gasteiger charge is 2.31. The van der Waals surface area contributed by atoms with Crippen LogP contribution in [0.15, 0.2) is 42.5 Å². The second-order valence-corrected chi connectivity index (χ2v) is 5.27. The standard InChI is InChI=1S/C16H14ClF4NO/c17-14-9-12(3-6-15(14)23-16(19,20)21)10-22-8-7-11-1-4-13(18)5-2-11/h1-6,9,22H,7-8,10H2. The van der Waals surface area contributed by atoms with Gasteiger partial charge in [0.25, 0.3) is 0 Å². The fraction of sp³-hybridized carbons (Fsp3) is 0.250. The molecule has 0 fully saturated rings. The molecule has 2 aromatic rings. The zero-order valence-corrected chi connectivity index (χ0v) is 12.7. The molecule has 0 aliphatic rings. The zero-order chi connectivity index (χ0) is 16.9. The summed E-state index contributed by atoms with van der Waals surface area (Å²) in [5.74, 6) is -0.702. The number of hydrogen-bond donors (Lipinski definition) is 1. The van der Waals surface area contributed by atoms with Gasteiger partial charge in [0.05, 0.1) is 5.02 Å². The second kappa shape index (κ2) is 7.66. The lowest BCUT2D eigenvalue weighted by Crippen LogP contribution is -2.18. The molecule has 0 saturated heterocycles. The van der Waals surface area contributed by atoms with Gasteiger partial charge in [-0.05, 0) is 48.4 Å². The molecule has 124 valence electrons. The highest BCUT2D eigenvalue weighted by atomic mass is 35.5. The van der Waals surface area contributed by atoms with Crippen molar-refractivity contribution in [2.45, 2.75) is 19.3 Å². The van der Waals surface area contributed by atoms with E-state index in [9.17, 15) is 17.6 Å². The van der Waals surface area contributed by atoms with Crippen LogP contribution in [0, 0.1) is 5.82 Å². The number of hydrogen-bond acceptors (Lipinski definition) is 2. The van der Waals surface area contributed by atoms with Crippen LogP contribution in [0.4, 0.5) is 17.6 Å². The molecular weight excluding hydrogens is 334 g/mol. The third-order valence-electron chi connectivity index (χ3n) is 3.05. The van der Waals surface area contributed by atoms with Crippen LogP contribution in [0.3, 0.4) is 0 Å². The lowest BCUT2D eigenvalue weighted by Gasteiger charge is -2.11. The van der Waals surface area contributed by atoms with Crippen LogP contribution in [0.25, 0.3) is 0 Å². The zero-order valence-electron chi connectivity index (χ0n) is 12.0. The van der Waals surface area contributed by atoms with Gasteiger partial charge in [-0.25, -0.2) is 4.39 Å². The summed E-state index contributed by atoms with van der Waals surface area (Å²) in [6.45, 7) is 1.09. The Morgan fingerprint density at radius 3 is 2.26 bits per heavy atom. The van der Waals surface area contributed by atoms with Crippen molar-refractivity contribution in [1.82, 2.24) is 5.32 Å². The van der Waals surface area contributed by atoms with Crippen molar-refractivity contribution < 1.29 is 22.3 Å². The van der Waals surface area contributed by atoms with E-state index in [1.54, 1.807) is 12.1 Å². The predicted molar refractivity (Wildman–Crippen MR) is 79.9 cm³/mol. The minimum absolute atomic E-state index is 0.0971. The van der Waals surface area contributed by atoms with Gasteiger partial charge in [-0.2, -0.15) is 0 Å². The number of rotatable bonds is 6. The van der Waals surface area contributed by atoms with Gasteiger partial charge in [-0.15, -0.1) is 13.2 Å². The van der Waals surface area contributed by atoms with Crippen LogP contribution in [0.1, 0.15) is 11.1 Å². The maximum Gasteiger partial charge on any atom is 0.573 e. The Morgan fingerprint density at radius 1 is 1.00 bits per heavy atom. The molecule has 2 rings (SSSR count). The molecule has 0 radical (unpaired) electrons. The van der Waals surface area contributed by atoms with Crippen LogP contribution in [0.5, 0.6) is 5.75 Å². The monoisotopic (exact) mass is 347 g/mol. The van der Waals surface area contributed by atoms with Gasteiger partial charge >= 0.3 is 6.36 Å². The molecule has 2 aromatic carbocycles. The minimum Gasteiger partial charge on any atom is -0.404 e. The van der Waals surface area contributed by atoms with Crippen LogP contribution >= 0.6 is 11.6 Å². The molecule has 23 heavy (non-hydrogen) atoms. The van der Waals surface area contributed by atoms with Gasteiger partial charge in [0.15, 0.2) is 0 Å². The van der Waals surface area contributed by atoms with Crippen LogP contribution in [-0.4, -0.2) is 12.9 Å². The van der Waals surface area contributed by atoms with Crippen molar-refractivity contribution in [3.8, 4) is 5.75 Å². The van der Waals surface area contributed by atoms with Crippen LogP contribution < -0.4 is 10.1 Å². The van der Waals surface area contributed by atoms with E-state index in [4.69, 9.17) is 11.6 Å². The average Bonchev–Trinajstić information content (AvgIpc) is 2.47. The maximum atomic E-state index is 12.8. The van der Waals surface area contributed by atoms with Crippen molar-refractivity contribution in [2.75, 3.05) is 6.54 Å². The van der Waals surface area contributed by atoms with Gasteiger partial charge < -0.3 is 10.1 Å². The predicted octanol–water partition coefficient (Wildman–Crippen LogP) is 4.71. The van der Waals surface area contributed by atoms with Gasteiger partial charge in [0.2, 0.25) is 0 Å². The van der Waals surface area contributed by atoms with Gasteiger partial charge in [-0.1, -0.05) is 29.8 Å². The Labute approximate surface area is 136 Å². The third-order valence-corrected chi connectivity index (χ3v) is 3.35. The molecule has 0 atom stereocenters. The van der Waals surface area contributed by atoms with Gasteiger partial charge in [0, 0.05) is 6.54 Å². The normalized spacial score (nSPS) is 11.5. The van der Waals surface area contributed by atoms with E-state index in [0.29, 0.717) is 19.5 Å². The number of halogens is 5. The maximum absolute atomic E-state index is 12.8. The quantitative estimate of drug-likeness (QED) is 0.603. The molecule has 0 saturated carbocycles. The summed E-state index contributed by atoms with van der Waals surface area (Å²) in [4.78, 5) is 0. The van der Waals surface area contributed by atoms with E-state index < -0.39 is 12.1 Å². The molecule has 0 aromatic heterocycles. The van der Waals surface area contributed by atoms with E-state index in [1.807, 2.05) is 0 Å². The molecule has 2 nitrogen and oxygen atoms in total. The van der Waals surface area contributed by atoms with Gasteiger partial charge in [-0.3, -0.25) is 0 Å². The molecule has 7 heteroatoms. The SMILES string of the molecule is Fc1ccc(CCNCc2ccc(OC(F)(F)F)c(Cl)c2)cc1. The summed E-state index contributed by atoms with van der Waals surface area (Å²) in [7, 11) is 0. The number of ether oxygens (including phenoxy) is 1. The Morgan fingerprint density at radius 2 is 1.65 bits per heavy atom. The first-order valence-corrected chi connectivity index (χ1v) is 7.20. The molecule has 0 heterocycles. The van der Waals surface area contributed by atoms with Crippen molar-refractivity contribution in [2.24, 2.45) is 0 Å². The van der Waals surface area contributed by atoms with Crippen LogP contribution in [0.2, 0.25) is 5.02 Å². The van der Waals surface area contributed by atoms with Crippen molar-refractivity contribution in [3.05, 3.63) is 64.4 Å². The molecule has 0 bridgehead atoms. The second-order valence-electron chi connectivity index (χ2n) is 4.87. The van der Waals surface area contributed by atoms with Gasteiger partial charge in [0.1, 0.15) is 11.6 Å². The number of benzene rings is 2. The van der Waals surface area contributed by atoms with E-state index in [1.165, 1.54) is 30.3 Å². The Balaban J connectivity index is 1.82. The minimum atomic E-state index is -4.77. The summed E-state index contributed by atoms with van der Waals surface area (Å²) in [6, 6.07) is 10.3. The topological polar surface area (TPSA) is 21.3 Å². The van der Waals surface area contributed by atoms with E-state index in [-0.39, 0.29) is 10.8 Å². The summed E-state index contributed by atoms with van der Waals surface area (Å²) < 4.78 is 53.0. The molecule has 0 aliphatic heterocycles. The molecule has 0 spiro atoms. The largest absolute Gasteiger partial charge is 0.573 e. The lowest BCUT2D eigenvalue weighted by atomic mass is 10.1. The number of nitrogens with one attached hydrogen (secondary N) is 1. The highest BCUT2D eigenvalue weighted by Crippen LogP contribution is 2.30. The van der Waals surface area contributed by atoms with Crippen molar-refractivity contribution in [1.29, 1.82) is 0 Å². The Hall–Kier alpha value is -1.79. The van der Waals surface area contributed by atoms with E-state index >= 15 is 0 Å². The molecule has 1 N–H and O–H groups in total. The van der Waals surface area contributed by atoms with Crippen molar-refractivity contribution in [3.63, 3.8) is 0 Å². The first-order chi connectivity index (χ1) is 10.8. The first-order valence-electron chi connectivity index (χ1n) is 6.83. The molecule has 0 aliphatic carbocycles. The summed E-state index contributed by atoms with van der Waals surface area (Å²) in [5, 5.41) is 3.05. The van der Waals surface area contributed by atoms with E-state index in [0.717, 1.165) is 11.1 Å². The smallest absolute Gasteiger partial charge is 0.404 e. The molecular formula is C16H14ClF4NO. The number of alkyl halides is 3. The van der Waals surface area contributed by atoms with Crippen molar-refractivity contribution >= 4 is 11.6 Å². The Bertz CT molecular complexity index is 644. The lowest BCUT2D eigenvalue weighted by molar-refractivity contribution is -0.274. The highest BCUT2D eigenvalue weighted by molar-refractivity contribution is 6.32. The Kier molecular flexibility index (Phi) is 5.85. The first kappa shape index (κ1) is 17.6. The fourth-order valence-electron chi connectivity index (χ4n) is 1.98. The molecule has 0 unspecified atom stereocenters. The summed E-state index contributed by atoms with van der Waals surface area (Å²) in [5.41, 5.74) is 1.73. The summed E-state index contributed by atoms with van der Waals surface area (Å²) in [6.07, 6.45) is -4.05. The third kappa shape index (κ3) is 6.08. The summed E-state index contributed by atoms with van der Waals surface area (Å²) >= 11 is 5.77. The van der Waals surface area contributed by atoms with E-state index in [2.05, 4.69) is 10.1 Å². The molecule has 0 amide bonds. The van der Waals surface area contributed by atoms with Crippen LogP contribution in [-0.2, 0) is 13.0 Å². The fourth-order valence-corrected chi connectivity index (χ4v) is 2.22. The average molecular weight is 348 g/mol.